The number of hydrogen-bond donors (Lipinski definition) is 1. The van der Waals surface area contributed by atoms with Crippen molar-refractivity contribution in [3.8, 4) is 11.5 Å². The van der Waals surface area contributed by atoms with Crippen molar-refractivity contribution in [1.82, 2.24) is 4.90 Å². The number of aliphatic carboxylic acids is 1. The molecule has 0 spiro atoms. The quantitative estimate of drug-likeness (QED) is 0.560. The number of carbonyl (C=O) groups excluding carboxylic acids is 1. The van der Waals surface area contributed by atoms with Gasteiger partial charge in [-0.1, -0.05) is 43.9 Å². The molecule has 2 rings (SSSR count). The number of rotatable bonds is 7. The molecule has 1 aromatic rings. The zero-order valence-corrected chi connectivity index (χ0v) is 16.6. The van der Waals surface area contributed by atoms with Gasteiger partial charge in [-0.15, -0.1) is 0 Å². The number of thiocarbonyl (C=S) groups is 1. The van der Waals surface area contributed by atoms with Crippen molar-refractivity contribution < 1.29 is 24.2 Å². The minimum absolute atomic E-state index is 0.250. The van der Waals surface area contributed by atoms with Crippen LogP contribution in [0.4, 0.5) is 0 Å². The molecule has 26 heavy (non-hydrogen) atoms. The molecule has 6 nitrogen and oxygen atoms in total. The molecule has 1 aliphatic rings. The zero-order valence-electron chi connectivity index (χ0n) is 15.0. The van der Waals surface area contributed by atoms with Crippen molar-refractivity contribution in [1.29, 1.82) is 0 Å². The summed E-state index contributed by atoms with van der Waals surface area (Å²) in [6.45, 7) is 5.89. The number of ether oxygens (including phenoxy) is 2. The minimum atomic E-state index is -1.07. The molecule has 1 aliphatic heterocycles. The predicted molar refractivity (Wildman–Crippen MR) is 105 cm³/mol. The molecule has 0 aromatic heterocycles. The molecule has 1 unspecified atom stereocenters. The van der Waals surface area contributed by atoms with E-state index in [-0.39, 0.29) is 10.2 Å². The Morgan fingerprint density at radius 1 is 1.38 bits per heavy atom. The molecule has 0 radical (unpaired) electrons. The molecule has 0 bridgehead atoms. The Labute approximate surface area is 162 Å². The lowest BCUT2D eigenvalue weighted by molar-refractivity contribution is -0.146. The van der Waals surface area contributed by atoms with Gasteiger partial charge in [0.1, 0.15) is 10.4 Å². The minimum Gasteiger partial charge on any atom is -0.493 e. The van der Waals surface area contributed by atoms with Crippen molar-refractivity contribution in [2.75, 3.05) is 13.7 Å². The number of benzene rings is 1. The number of carboxylic acids is 1. The van der Waals surface area contributed by atoms with E-state index in [1.54, 1.807) is 45.2 Å². The number of carbonyl (C=O) groups is 2. The highest BCUT2D eigenvalue weighted by Gasteiger charge is 2.41. The summed E-state index contributed by atoms with van der Waals surface area (Å²) in [4.78, 5) is 25.8. The van der Waals surface area contributed by atoms with E-state index in [0.717, 1.165) is 17.3 Å². The number of nitrogens with zero attached hydrogens (tertiary/aromatic N) is 1. The molecule has 1 aromatic carbocycles. The molecule has 0 aliphatic carbocycles. The molecule has 1 amide bonds. The molecule has 1 fully saturated rings. The Morgan fingerprint density at radius 2 is 2.08 bits per heavy atom. The van der Waals surface area contributed by atoms with E-state index in [1.165, 1.54) is 4.90 Å². The summed E-state index contributed by atoms with van der Waals surface area (Å²) in [5, 5.41) is 9.45. The van der Waals surface area contributed by atoms with E-state index < -0.39 is 17.9 Å². The van der Waals surface area contributed by atoms with Crippen LogP contribution >= 0.6 is 24.0 Å². The largest absolute Gasteiger partial charge is 0.493 e. The molecular weight excluding hydrogens is 374 g/mol. The highest BCUT2D eigenvalue weighted by Crippen LogP contribution is 2.36. The topological polar surface area (TPSA) is 76.1 Å². The van der Waals surface area contributed by atoms with Crippen LogP contribution in [0.2, 0.25) is 0 Å². The van der Waals surface area contributed by atoms with Gasteiger partial charge in [-0.2, -0.15) is 0 Å². The summed E-state index contributed by atoms with van der Waals surface area (Å²) in [5.74, 6) is -0.554. The highest BCUT2D eigenvalue weighted by atomic mass is 32.2. The lowest BCUT2D eigenvalue weighted by Gasteiger charge is -2.26. The van der Waals surface area contributed by atoms with Crippen molar-refractivity contribution in [3.05, 3.63) is 28.7 Å². The van der Waals surface area contributed by atoms with Gasteiger partial charge < -0.3 is 14.6 Å². The van der Waals surface area contributed by atoms with Gasteiger partial charge in [-0.05, 0) is 36.6 Å². The average Bonchev–Trinajstić information content (AvgIpc) is 2.83. The maximum Gasteiger partial charge on any atom is 0.327 e. The van der Waals surface area contributed by atoms with Crippen molar-refractivity contribution >= 4 is 46.3 Å². The van der Waals surface area contributed by atoms with Crippen LogP contribution in [0.15, 0.2) is 23.1 Å². The SMILES string of the molecule is CCOc1ccc(/C=C2/SC(=S)N(C(C(=O)O)C(C)C)C2=O)cc1OC. The van der Waals surface area contributed by atoms with Gasteiger partial charge in [0.15, 0.2) is 11.5 Å². The molecule has 1 heterocycles. The first-order valence-electron chi connectivity index (χ1n) is 8.10. The van der Waals surface area contributed by atoms with Gasteiger partial charge >= 0.3 is 5.97 Å². The molecule has 1 saturated heterocycles. The fourth-order valence-corrected chi connectivity index (χ4v) is 3.94. The Kier molecular flexibility index (Phi) is 6.66. The van der Waals surface area contributed by atoms with Gasteiger partial charge in [0.2, 0.25) is 0 Å². The van der Waals surface area contributed by atoms with Gasteiger partial charge in [0, 0.05) is 0 Å². The monoisotopic (exact) mass is 395 g/mol. The van der Waals surface area contributed by atoms with Gasteiger partial charge in [0.05, 0.1) is 18.6 Å². The third-order valence-corrected chi connectivity index (χ3v) is 5.10. The lowest BCUT2D eigenvalue weighted by atomic mass is 10.0. The van der Waals surface area contributed by atoms with Gasteiger partial charge in [-0.25, -0.2) is 4.79 Å². The first-order valence-corrected chi connectivity index (χ1v) is 9.33. The summed E-state index contributed by atoms with van der Waals surface area (Å²) in [6.07, 6.45) is 1.68. The van der Waals surface area contributed by atoms with Crippen LogP contribution in [-0.2, 0) is 9.59 Å². The maximum absolute atomic E-state index is 12.7. The second-order valence-electron chi connectivity index (χ2n) is 5.92. The van der Waals surface area contributed by atoms with Crippen LogP contribution < -0.4 is 9.47 Å². The normalized spacial score (nSPS) is 17.1. The smallest absolute Gasteiger partial charge is 0.327 e. The van der Waals surface area contributed by atoms with Crippen molar-refractivity contribution in [2.24, 2.45) is 5.92 Å². The van der Waals surface area contributed by atoms with Gasteiger partial charge in [-0.3, -0.25) is 9.69 Å². The van der Waals surface area contributed by atoms with Crippen LogP contribution in [0.5, 0.6) is 11.5 Å². The number of thioether (sulfide) groups is 1. The molecule has 8 heteroatoms. The van der Waals surface area contributed by atoms with Crippen molar-refractivity contribution in [3.63, 3.8) is 0 Å². The zero-order chi connectivity index (χ0) is 19.4. The Balaban J connectivity index is 2.34. The van der Waals surface area contributed by atoms with Crippen LogP contribution in [0.1, 0.15) is 26.3 Å². The molecule has 1 N–H and O–H groups in total. The van der Waals surface area contributed by atoms with Crippen LogP contribution in [0.25, 0.3) is 6.08 Å². The summed E-state index contributed by atoms with van der Waals surface area (Å²) < 4.78 is 11.0. The standard InChI is InChI=1S/C18H21NO5S2/c1-5-24-12-7-6-11(8-13(12)23-4)9-14-16(20)19(18(25)26-14)15(10(2)3)17(21)22/h6-10,15H,5H2,1-4H3,(H,21,22)/b14-9+. The van der Waals surface area contributed by atoms with E-state index in [9.17, 15) is 14.7 Å². The third kappa shape index (κ3) is 4.19. The Bertz CT molecular complexity index is 760. The first kappa shape index (κ1) is 20.3. The van der Waals surface area contributed by atoms with E-state index >= 15 is 0 Å². The van der Waals surface area contributed by atoms with Gasteiger partial charge in [0.25, 0.3) is 5.91 Å². The molecule has 0 saturated carbocycles. The second-order valence-corrected chi connectivity index (χ2v) is 7.60. The molecule has 140 valence electrons. The Morgan fingerprint density at radius 3 is 2.62 bits per heavy atom. The van der Waals surface area contributed by atoms with Crippen LogP contribution in [0.3, 0.4) is 0 Å². The number of hydrogen-bond acceptors (Lipinski definition) is 6. The molecule has 1 atom stereocenters. The number of amides is 1. The predicted octanol–water partition coefficient (Wildman–Crippen LogP) is 3.40. The fraction of sp³-hybridized carbons (Fsp3) is 0.389. The summed E-state index contributed by atoms with van der Waals surface area (Å²) in [7, 11) is 1.54. The summed E-state index contributed by atoms with van der Waals surface area (Å²) >= 11 is 6.35. The number of carboxylic acid groups (broad SMARTS) is 1. The molecular formula is C18H21NO5S2. The van der Waals surface area contributed by atoms with Crippen molar-refractivity contribution in [2.45, 2.75) is 26.8 Å². The van der Waals surface area contributed by atoms with E-state index in [1.807, 2.05) is 6.92 Å². The average molecular weight is 396 g/mol. The van der Waals surface area contributed by atoms with E-state index in [0.29, 0.717) is 23.0 Å². The third-order valence-electron chi connectivity index (χ3n) is 3.77. The highest BCUT2D eigenvalue weighted by molar-refractivity contribution is 8.26. The van der Waals surface area contributed by atoms with E-state index in [2.05, 4.69) is 0 Å². The fourth-order valence-electron chi connectivity index (χ4n) is 2.61. The Hall–Kier alpha value is -2.06. The second kappa shape index (κ2) is 8.55. The number of methoxy groups -OCH3 is 1. The first-order chi connectivity index (χ1) is 12.3. The maximum atomic E-state index is 12.7. The van der Waals surface area contributed by atoms with Crippen LogP contribution in [-0.4, -0.2) is 46.0 Å². The van der Waals surface area contributed by atoms with E-state index in [4.69, 9.17) is 21.7 Å². The van der Waals surface area contributed by atoms with Crippen LogP contribution in [0, 0.1) is 5.92 Å². The summed E-state index contributed by atoms with van der Waals surface area (Å²) in [6, 6.07) is 4.35. The summed E-state index contributed by atoms with van der Waals surface area (Å²) in [5.41, 5.74) is 0.738. The lowest BCUT2D eigenvalue weighted by Crippen LogP contribution is -2.47.